The monoisotopic (exact) mass is 259 g/mol. The summed E-state index contributed by atoms with van der Waals surface area (Å²) < 4.78 is 18.0. The van der Waals surface area contributed by atoms with E-state index < -0.39 is 0 Å². The number of rotatable bonds is 4. The van der Waals surface area contributed by atoms with Gasteiger partial charge in [0.25, 0.3) is 0 Å². The van der Waals surface area contributed by atoms with Crippen LogP contribution in [0, 0.1) is 17.7 Å². The first-order valence-electron chi connectivity index (χ1n) is 5.93. The third-order valence-electron chi connectivity index (χ3n) is 2.59. The highest BCUT2D eigenvalue weighted by Crippen LogP contribution is 2.18. The molecule has 0 radical (unpaired) electrons. The van der Waals surface area contributed by atoms with Gasteiger partial charge in [0.15, 0.2) is 0 Å². The molecule has 0 aliphatic heterocycles. The van der Waals surface area contributed by atoms with Crippen molar-refractivity contribution < 1.29 is 8.91 Å². The van der Waals surface area contributed by atoms with E-state index in [9.17, 15) is 4.39 Å². The maximum absolute atomic E-state index is 12.8. The summed E-state index contributed by atoms with van der Waals surface area (Å²) in [6.07, 6.45) is 0. The molecule has 0 amide bonds. The maximum atomic E-state index is 12.8. The van der Waals surface area contributed by atoms with Crippen molar-refractivity contribution >= 4 is 0 Å². The Hall–Kier alpha value is -2.19. The molecule has 2 rings (SSSR count). The van der Waals surface area contributed by atoms with E-state index in [4.69, 9.17) is 4.52 Å². The first kappa shape index (κ1) is 13.2. The van der Waals surface area contributed by atoms with Gasteiger partial charge in [0, 0.05) is 5.56 Å². The van der Waals surface area contributed by atoms with Gasteiger partial charge in [-0.3, -0.25) is 5.32 Å². The quantitative estimate of drug-likeness (QED) is 0.857. The Labute approximate surface area is 111 Å². The molecule has 0 bridgehead atoms. The van der Waals surface area contributed by atoms with Gasteiger partial charge in [-0.15, -0.1) is 5.92 Å². The third-order valence-corrected chi connectivity index (χ3v) is 2.59. The van der Waals surface area contributed by atoms with E-state index in [2.05, 4.69) is 27.3 Å². The van der Waals surface area contributed by atoms with E-state index in [1.165, 1.54) is 12.1 Å². The largest absolute Gasteiger partial charge is 0.337 e. The van der Waals surface area contributed by atoms with E-state index in [0.717, 1.165) is 5.56 Å². The van der Waals surface area contributed by atoms with Crippen LogP contribution in [0.3, 0.4) is 0 Å². The van der Waals surface area contributed by atoms with Gasteiger partial charge in [0.05, 0.1) is 12.6 Å². The molecule has 0 fully saturated rings. The summed E-state index contributed by atoms with van der Waals surface area (Å²) in [7, 11) is 0. The lowest BCUT2D eigenvalue weighted by atomic mass is 10.2. The molecule has 2 aromatic rings. The van der Waals surface area contributed by atoms with E-state index in [1.54, 1.807) is 19.1 Å². The van der Waals surface area contributed by atoms with Gasteiger partial charge in [-0.25, -0.2) is 4.39 Å². The van der Waals surface area contributed by atoms with Gasteiger partial charge in [0.2, 0.25) is 11.7 Å². The summed E-state index contributed by atoms with van der Waals surface area (Å²) in [5, 5.41) is 7.02. The third kappa shape index (κ3) is 3.39. The molecule has 0 aliphatic rings. The highest BCUT2D eigenvalue weighted by atomic mass is 19.1. The average molecular weight is 259 g/mol. The van der Waals surface area contributed by atoms with E-state index >= 15 is 0 Å². The molecule has 0 saturated carbocycles. The number of benzene rings is 1. The molecule has 1 aromatic heterocycles. The second kappa shape index (κ2) is 6.12. The zero-order valence-electron chi connectivity index (χ0n) is 10.8. The standard InChI is InChI=1S/C14H14FN3O/c1-3-4-9-16-10(2)14-17-13(18-19-14)11-5-7-12(15)8-6-11/h5-8,10,16H,9H2,1-2H3/t10-/m1/s1. The van der Waals surface area contributed by atoms with Crippen molar-refractivity contribution in [2.24, 2.45) is 0 Å². The van der Waals surface area contributed by atoms with Crippen molar-refractivity contribution in [2.75, 3.05) is 6.54 Å². The lowest BCUT2D eigenvalue weighted by Crippen LogP contribution is -2.19. The van der Waals surface area contributed by atoms with Gasteiger partial charge in [0.1, 0.15) is 5.82 Å². The van der Waals surface area contributed by atoms with Crippen LogP contribution in [0.15, 0.2) is 28.8 Å². The molecular formula is C14H14FN3O. The highest BCUT2D eigenvalue weighted by Gasteiger charge is 2.14. The molecule has 1 N–H and O–H groups in total. The summed E-state index contributed by atoms with van der Waals surface area (Å²) in [6, 6.07) is 5.88. The zero-order valence-corrected chi connectivity index (χ0v) is 10.8. The predicted octanol–water partition coefficient (Wildman–Crippen LogP) is 2.55. The Morgan fingerprint density at radius 3 is 2.79 bits per heavy atom. The molecule has 4 nitrogen and oxygen atoms in total. The molecule has 0 saturated heterocycles. The number of hydrogen-bond donors (Lipinski definition) is 1. The molecule has 19 heavy (non-hydrogen) atoms. The highest BCUT2D eigenvalue weighted by molar-refractivity contribution is 5.53. The van der Waals surface area contributed by atoms with Crippen LogP contribution >= 0.6 is 0 Å². The predicted molar refractivity (Wildman–Crippen MR) is 69.6 cm³/mol. The number of nitrogens with zero attached hydrogens (tertiary/aromatic N) is 2. The maximum Gasteiger partial charge on any atom is 0.243 e. The number of nitrogens with one attached hydrogen (secondary N) is 1. The fourth-order valence-corrected chi connectivity index (χ4v) is 1.51. The van der Waals surface area contributed by atoms with Crippen molar-refractivity contribution in [1.82, 2.24) is 15.5 Å². The minimum Gasteiger partial charge on any atom is -0.337 e. The molecule has 5 heteroatoms. The zero-order chi connectivity index (χ0) is 13.7. The minimum atomic E-state index is -0.291. The minimum absolute atomic E-state index is 0.0810. The Kier molecular flexibility index (Phi) is 4.26. The lowest BCUT2D eigenvalue weighted by Gasteiger charge is -2.04. The Morgan fingerprint density at radius 2 is 2.11 bits per heavy atom. The summed E-state index contributed by atoms with van der Waals surface area (Å²) in [5.74, 6) is 6.34. The van der Waals surface area contributed by atoms with Gasteiger partial charge < -0.3 is 4.52 Å². The summed E-state index contributed by atoms with van der Waals surface area (Å²) in [5.41, 5.74) is 0.719. The summed E-state index contributed by atoms with van der Waals surface area (Å²) >= 11 is 0. The molecule has 0 aliphatic carbocycles. The molecule has 1 aromatic carbocycles. The van der Waals surface area contributed by atoms with Crippen molar-refractivity contribution in [3.8, 4) is 23.2 Å². The van der Waals surface area contributed by atoms with Gasteiger partial charge in [-0.1, -0.05) is 11.1 Å². The molecule has 1 heterocycles. The average Bonchev–Trinajstić information content (AvgIpc) is 2.89. The van der Waals surface area contributed by atoms with Crippen molar-refractivity contribution in [3.05, 3.63) is 36.0 Å². The van der Waals surface area contributed by atoms with Crippen molar-refractivity contribution in [3.63, 3.8) is 0 Å². The van der Waals surface area contributed by atoms with Gasteiger partial charge in [-0.2, -0.15) is 4.98 Å². The molecule has 0 unspecified atom stereocenters. The second-order valence-electron chi connectivity index (χ2n) is 3.99. The van der Waals surface area contributed by atoms with E-state index in [1.807, 2.05) is 6.92 Å². The normalized spacial score (nSPS) is 11.7. The first-order chi connectivity index (χ1) is 9.20. The molecule has 0 spiro atoms. The second-order valence-corrected chi connectivity index (χ2v) is 3.99. The topological polar surface area (TPSA) is 51.0 Å². The number of halogens is 1. The first-order valence-corrected chi connectivity index (χ1v) is 5.93. The van der Waals surface area contributed by atoms with Crippen LogP contribution in [0.4, 0.5) is 4.39 Å². The molecular weight excluding hydrogens is 245 g/mol. The molecule has 1 atom stereocenters. The van der Waals surface area contributed by atoms with Crippen molar-refractivity contribution in [1.29, 1.82) is 0 Å². The van der Waals surface area contributed by atoms with Crippen LogP contribution in [0.25, 0.3) is 11.4 Å². The smallest absolute Gasteiger partial charge is 0.243 e. The van der Waals surface area contributed by atoms with Crippen LogP contribution in [-0.4, -0.2) is 16.7 Å². The van der Waals surface area contributed by atoms with E-state index in [-0.39, 0.29) is 11.9 Å². The fourth-order valence-electron chi connectivity index (χ4n) is 1.51. The summed E-state index contributed by atoms with van der Waals surface area (Å²) in [4.78, 5) is 4.28. The van der Waals surface area contributed by atoms with Gasteiger partial charge in [-0.05, 0) is 38.1 Å². The summed E-state index contributed by atoms with van der Waals surface area (Å²) in [6.45, 7) is 4.26. The van der Waals surface area contributed by atoms with Crippen LogP contribution in [0.1, 0.15) is 25.8 Å². The van der Waals surface area contributed by atoms with Crippen LogP contribution in [0.2, 0.25) is 0 Å². The van der Waals surface area contributed by atoms with Crippen LogP contribution in [-0.2, 0) is 0 Å². The SMILES string of the molecule is CC#CCN[C@H](C)c1nc(-c2ccc(F)cc2)no1. The number of aromatic nitrogens is 2. The Bertz CT molecular complexity index is 595. The Morgan fingerprint density at radius 1 is 1.37 bits per heavy atom. The molecule has 98 valence electrons. The van der Waals surface area contributed by atoms with E-state index in [0.29, 0.717) is 18.3 Å². The van der Waals surface area contributed by atoms with Crippen LogP contribution < -0.4 is 5.32 Å². The lowest BCUT2D eigenvalue weighted by molar-refractivity contribution is 0.344. The Balaban J connectivity index is 2.09. The number of hydrogen-bond acceptors (Lipinski definition) is 4. The van der Waals surface area contributed by atoms with Crippen LogP contribution in [0.5, 0.6) is 0 Å². The fraction of sp³-hybridized carbons (Fsp3) is 0.286. The van der Waals surface area contributed by atoms with Gasteiger partial charge >= 0.3 is 0 Å². The van der Waals surface area contributed by atoms with Crippen molar-refractivity contribution in [2.45, 2.75) is 19.9 Å².